The molecule has 8 heteroatoms. The predicted molar refractivity (Wildman–Crippen MR) is 54.9 cm³/mol. The number of rotatable bonds is 6. The average Bonchev–Trinajstić information content (AvgIpc) is 2.25. The largest absolute Gasteiger partial charge is 0.487 e. The van der Waals surface area contributed by atoms with Gasteiger partial charge >= 0.3 is 13.7 Å². The lowest BCUT2D eigenvalue weighted by Crippen LogP contribution is -2.31. The number of hydrogen-bond acceptors (Lipinski definition) is 3. The van der Waals surface area contributed by atoms with Gasteiger partial charge in [0.2, 0.25) is 0 Å². The SMILES string of the molecule is O=P(O)(O)OCC(F)(F)COc1ccccc1. The molecule has 0 radical (unpaired) electrons. The summed E-state index contributed by atoms with van der Waals surface area (Å²) in [4.78, 5) is 16.6. The molecule has 1 rings (SSSR count). The van der Waals surface area contributed by atoms with E-state index in [0.717, 1.165) is 0 Å². The number of phosphoric ester groups is 1. The van der Waals surface area contributed by atoms with E-state index < -0.39 is 27.0 Å². The van der Waals surface area contributed by atoms with Crippen LogP contribution in [0.2, 0.25) is 0 Å². The number of halogens is 2. The summed E-state index contributed by atoms with van der Waals surface area (Å²) in [5, 5.41) is 0. The van der Waals surface area contributed by atoms with Gasteiger partial charge in [0.1, 0.15) is 12.4 Å². The van der Waals surface area contributed by atoms with E-state index in [2.05, 4.69) is 4.52 Å². The van der Waals surface area contributed by atoms with Crippen molar-refractivity contribution in [2.75, 3.05) is 13.2 Å². The molecule has 0 bridgehead atoms. The second-order valence-corrected chi connectivity index (χ2v) is 4.46. The average molecular weight is 268 g/mol. The Morgan fingerprint density at radius 2 is 1.76 bits per heavy atom. The van der Waals surface area contributed by atoms with Crippen molar-refractivity contribution in [2.45, 2.75) is 5.92 Å². The van der Waals surface area contributed by atoms with E-state index >= 15 is 0 Å². The first-order valence-corrected chi connectivity index (χ1v) is 6.07. The molecule has 0 fully saturated rings. The summed E-state index contributed by atoms with van der Waals surface area (Å²) >= 11 is 0. The Kier molecular flexibility index (Phi) is 4.59. The molecule has 0 saturated carbocycles. The van der Waals surface area contributed by atoms with Gasteiger partial charge in [-0.3, -0.25) is 4.52 Å². The van der Waals surface area contributed by atoms with Crippen molar-refractivity contribution in [1.82, 2.24) is 0 Å². The lowest BCUT2D eigenvalue weighted by Gasteiger charge is -2.17. The topological polar surface area (TPSA) is 76.0 Å². The zero-order valence-electron chi connectivity index (χ0n) is 8.62. The Hall–Kier alpha value is -1.01. The molecule has 1 aromatic carbocycles. The minimum absolute atomic E-state index is 0.239. The molecule has 1 aromatic rings. The van der Waals surface area contributed by atoms with Gasteiger partial charge in [-0.1, -0.05) is 18.2 Å². The van der Waals surface area contributed by atoms with Gasteiger partial charge in [-0.25, -0.2) is 13.3 Å². The maximum Gasteiger partial charge on any atom is 0.469 e. The molecule has 5 nitrogen and oxygen atoms in total. The first kappa shape index (κ1) is 14.1. The minimum atomic E-state index is -4.89. The van der Waals surface area contributed by atoms with E-state index in [9.17, 15) is 13.3 Å². The second-order valence-electron chi connectivity index (χ2n) is 3.22. The molecule has 0 aliphatic heterocycles. The van der Waals surface area contributed by atoms with Crippen LogP contribution in [-0.4, -0.2) is 28.9 Å². The molecule has 0 unspecified atom stereocenters. The predicted octanol–water partition coefficient (Wildman–Crippen LogP) is 1.81. The monoisotopic (exact) mass is 268 g/mol. The zero-order chi connectivity index (χ0) is 12.9. The Bertz CT molecular complexity index is 392. The Morgan fingerprint density at radius 3 is 2.29 bits per heavy atom. The van der Waals surface area contributed by atoms with Crippen LogP contribution < -0.4 is 4.74 Å². The van der Waals surface area contributed by atoms with Crippen molar-refractivity contribution in [1.29, 1.82) is 0 Å². The lowest BCUT2D eigenvalue weighted by atomic mass is 10.3. The van der Waals surface area contributed by atoms with Gasteiger partial charge in [0.25, 0.3) is 0 Å². The fourth-order valence-electron chi connectivity index (χ4n) is 0.926. The van der Waals surface area contributed by atoms with Gasteiger partial charge in [0, 0.05) is 0 Å². The third-order valence-electron chi connectivity index (χ3n) is 1.64. The summed E-state index contributed by atoms with van der Waals surface area (Å²) in [6.45, 7) is -2.42. The van der Waals surface area contributed by atoms with E-state index in [0.29, 0.717) is 0 Å². The van der Waals surface area contributed by atoms with E-state index in [1.54, 1.807) is 18.2 Å². The van der Waals surface area contributed by atoms with E-state index in [-0.39, 0.29) is 5.75 Å². The van der Waals surface area contributed by atoms with Crippen molar-refractivity contribution >= 4 is 7.82 Å². The number of para-hydroxylation sites is 1. The first-order valence-electron chi connectivity index (χ1n) is 4.54. The summed E-state index contributed by atoms with van der Waals surface area (Å²) < 4.78 is 44.8. The van der Waals surface area contributed by atoms with Gasteiger partial charge in [0.05, 0.1) is 0 Å². The fraction of sp³-hybridized carbons (Fsp3) is 0.333. The third kappa shape index (κ3) is 6.33. The van der Waals surface area contributed by atoms with Crippen LogP contribution in [0, 0.1) is 0 Å². The van der Waals surface area contributed by atoms with Crippen molar-refractivity contribution in [3.05, 3.63) is 30.3 Å². The van der Waals surface area contributed by atoms with E-state index in [1.807, 2.05) is 0 Å². The summed E-state index contributed by atoms with van der Waals surface area (Å²) in [6.07, 6.45) is 0. The van der Waals surface area contributed by atoms with Crippen LogP contribution in [0.5, 0.6) is 5.75 Å². The minimum Gasteiger partial charge on any atom is -0.487 e. The second kappa shape index (κ2) is 5.55. The molecular formula is C9H11F2O5P. The standard InChI is InChI=1S/C9H11F2O5P/c10-9(11,7-16-17(12,13)14)6-15-8-4-2-1-3-5-8/h1-5H,6-7H2,(H2,12,13,14). The molecule has 2 N–H and O–H groups in total. The maximum atomic E-state index is 13.0. The summed E-state index contributed by atoms with van der Waals surface area (Å²) in [7, 11) is -4.89. The summed E-state index contributed by atoms with van der Waals surface area (Å²) in [5.74, 6) is -3.24. The first-order chi connectivity index (χ1) is 7.79. The fourth-order valence-corrected chi connectivity index (χ4v) is 1.28. The van der Waals surface area contributed by atoms with Crippen molar-refractivity contribution in [2.24, 2.45) is 0 Å². The number of benzene rings is 1. The molecule has 0 heterocycles. The van der Waals surface area contributed by atoms with Gasteiger partial charge < -0.3 is 14.5 Å². The number of alkyl halides is 2. The van der Waals surface area contributed by atoms with Crippen LogP contribution in [0.1, 0.15) is 0 Å². The van der Waals surface area contributed by atoms with Crippen LogP contribution >= 0.6 is 7.82 Å². The van der Waals surface area contributed by atoms with Crippen LogP contribution in [0.4, 0.5) is 8.78 Å². The Morgan fingerprint density at radius 1 is 1.18 bits per heavy atom. The van der Waals surface area contributed by atoms with E-state index in [1.165, 1.54) is 12.1 Å². The molecule has 0 amide bonds. The van der Waals surface area contributed by atoms with Crippen LogP contribution in [0.25, 0.3) is 0 Å². The summed E-state index contributed by atoms with van der Waals surface area (Å²) in [5.41, 5.74) is 0. The third-order valence-corrected chi connectivity index (χ3v) is 2.10. The maximum absolute atomic E-state index is 13.0. The molecule has 0 aliphatic carbocycles. The van der Waals surface area contributed by atoms with Crippen molar-refractivity contribution in [3.8, 4) is 5.75 Å². The van der Waals surface area contributed by atoms with Gasteiger partial charge in [-0.05, 0) is 12.1 Å². The smallest absolute Gasteiger partial charge is 0.469 e. The van der Waals surface area contributed by atoms with Crippen molar-refractivity contribution < 1.29 is 32.4 Å². The number of ether oxygens (including phenoxy) is 1. The molecule has 0 atom stereocenters. The highest BCUT2D eigenvalue weighted by atomic mass is 31.2. The number of hydrogen-bond donors (Lipinski definition) is 2. The van der Waals surface area contributed by atoms with Crippen LogP contribution in [0.15, 0.2) is 30.3 Å². The quantitative estimate of drug-likeness (QED) is 0.769. The Balaban J connectivity index is 2.42. The molecule has 0 aliphatic rings. The zero-order valence-corrected chi connectivity index (χ0v) is 9.52. The highest BCUT2D eigenvalue weighted by Gasteiger charge is 2.34. The molecule has 0 spiro atoms. The lowest BCUT2D eigenvalue weighted by molar-refractivity contribution is -0.0781. The van der Waals surface area contributed by atoms with Crippen LogP contribution in [-0.2, 0) is 9.09 Å². The van der Waals surface area contributed by atoms with Crippen molar-refractivity contribution in [3.63, 3.8) is 0 Å². The van der Waals surface area contributed by atoms with E-state index in [4.69, 9.17) is 14.5 Å². The van der Waals surface area contributed by atoms with Gasteiger partial charge in [-0.15, -0.1) is 0 Å². The normalized spacial score (nSPS) is 12.5. The van der Waals surface area contributed by atoms with Crippen LogP contribution in [0.3, 0.4) is 0 Å². The molecule has 96 valence electrons. The molecule has 0 saturated heterocycles. The number of phosphoric acid groups is 1. The van der Waals surface area contributed by atoms with Gasteiger partial charge in [-0.2, -0.15) is 0 Å². The molecule has 17 heavy (non-hydrogen) atoms. The highest BCUT2D eigenvalue weighted by molar-refractivity contribution is 7.46. The summed E-state index contributed by atoms with van der Waals surface area (Å²) in [6, 6.07) is 7.89. The Labute approximate surface area is 96.2 Å². The highest BCUT2D eigenvalue weighted by Crippen LogP contribution is 2.37. The molecular weight excluding hydrogens is 257 g/mol. The molecule has 0 aromatic heterocycles. The van der Waals surface area contributed by atoms with Gasteiger partial charge in [0.15, 0.2) is 6.61 Å².